The lowest BCUT2D eigenvalue weighted by molar-refractivity contribution is 0.102. The molecule has 0 aliphatic carbocycles. The number of anilines is 1. The fraction of sp³-hybridized carbons (Fsp3) is 0.167. The molecule has 3 aromatic rings. The van der Waals surface area contributed by atoms with E-state index in [4.69, 9.17) is 11.6 Å². The van der Waals surface area contributed by atoms with Crippen molar-refractivity contribution in [3.63, 3.8) is 0 Å². The first-order valence-corrected chi connectivity index (χ1v) is 8.05. The number of rotatable bonds is 4. The normalized spacial score (nSPS) is 10.6. The Labute approximate surface area is 145 Å². The van der Waals surface area contributed by atoms with Gasteiger partial charge in [0.05, 0.1) is 22.1 Å². The van der Waals surface area contributed by atoms with Crippen LogP contribution in [0.25, 0.3) is 5.69 Å². The van der Waals surface area contributed by atoms with Gasteiger partial charge in [-0.05, 0) is 43.2 Å². The van der Waals surface area contributed by atoms with E-state index in [1.807, 2.05) is 31.2 Å². The number of aromatic nitrogens is 3. The number of hydrogen-bond donors (Lipinski definition) is 1. The Morgan fingerprint density at radius 1 is 1.17 bits per heavy atom. The predicted octanol–water partition coefficient (Wildman–Crippen LogP) is 4.04. The van der Waals surface area contributed by atoms with Gasteiger partial charge in [-0.2, -0.15) is 0 Å². The van der Waals surface area contributed by atoms with Crippen molar-refractivity contribution in [2.24, 2.45) is 0 Å². The highest BCUT2D eigenvalue weighted by Crippen LogP contribution is 2.21. The summed E-state index contributed by atoms with van der Waals surface area (Å²) >= 11 is 6.07. The number of carbonyl (C=O) groups is 1. The molecule has 0 spiro atoms. The first kappa shape index (κ1) is 16.2. The molecule has 6 heteroatoms. The van der Waals surface area contributed by atoms with Gasteiger partial charge in [-0.3, -0.25) is 4.79 Å². The average Bonchev–Trinajstić information content (AvgIpc) is 2.98. The van der Waals surface area contributed by atoms with Gasteiger partial charge in [0.15, 0.2) is 5.69 Å². The minimum absolute atomic E-state index is 0.273. The Morgan fingerprint density at radius 3 is 2.54 bits per heavy atom. The molecule has 5 nitrogen and oxygen atoms in total. The summed E-state index contributed by atoms with van der Waals surface area (Å²) in [5, 5.41) is 11.4. The molecule has 0 saturated heterocycles. The second-order valence-electron chi connectivity index (χ2n) is 5.39. The van der Waals surface area contributed by atoms with Crippen LogP contribution in [0.3, 0.4) is 0 Å². The van der Waals surface area contributed by atoms with Crippen molar-refractivity contribution in [3.05, 3.63) is 70.5 Å². The van der Waals surface area contributed by atoms with Crippen LogP contribution in [0.4, 0.5) is 5.69 Å². The first-order chi connectivity index (χ1) is 11.6. The van der Waals surface area contributed by atoms with E-state index in [2.05, 4.69) is 22.6 Å². The van der Waals surface area contributed by atoms with Gasteiger partial charge < -0.3 is 5.32 Å². The lowest BCUT2D eigenvalue weighted by Gasteiger charge is -2.07. The molecule has 0 bridgehead atoms. The van der Waals surface area contributed by atoms with Crippen molar-refractivity contribution in [1.29, 1.82) is 0 Å². The third-order valence-electron chi connectivity index (χ3n) is 3.82. The molecule has 0 aliphatic heterocycles. The standard InChI is InChI=1S/C18H17ClN4O/c1-3-13-8-10-14(11-9-13)23-12(2)17(21-22-23)18(24)20-16-7-5-4-6-15(16)19/h4-11H,3H2,1-2H3,(H,20,24). The highest BCUT2D eigenvalue weighted by molar-refractivity contribution is 6.33. The average molecular weight is 341 g/mol. The molecular weight excluding hydrogens is 324 g/mol. The van der Waals surface area contributed by atoms with E-state index >= 15 is 0 Å². The predicted molar refractivity (Wildman–Crippen MR) is 94.9 cm³/mol. The topological polar surface area (TPSA) is 59.8 Å². The van der Waals surface area contributed by atoms with Crippen LogP contribution >= 0.6 is 11.6 Å². The third kappa shape index (κ3) is 3.16. The summed E-state index contributed by atoms with van der Waals surface area (Å²) in [6, 6.07) is 15.1. The Hall–Kier alpha value is -2.66. The van der Waals surface area contributed by atoms with Gasteiger partial charge in [0.1, 0.15) is 0 Å². The Morgan fingerprint density at radius 2 is 1.88 bits per heavy atom. The lowest BCUT2D eigenvalue weighted by atomic mass is 10.1. The molecule has 0 aliphatic rings. The molecular formula is C18H17ClN4O. The number of carbonyl (C=O) groups excluding carboxylic acids is 1. The number of nitrogens with one attached hydrogen (secondary N) is 1. The highest BCUT2D eigenvalue weighted by Gasteiger charge is 2.18. The maximum absolute atomic E-state index is 12.4. The van der Waals surface area contributed by atoms with Gasteiger partial charge in [-0.15, -0.1) is 5.10 Å². The molecule has 24 heavy (non-hydrogen) atoms. The molecule has 0 unspecified atom stereocenters. The summed E-state index contributed by atoms with van der Waals surface area (Å²) in [7, 11) is 0. The molecule has 122 valence electrons. The fourth-order valence-corrected chi connectivity index (χ4v) is 2.58. The van der Waals surface area contributed by atoms with E-state index in [1.54, 1.807) is 28.9 Å². The maximum Gasteiger partial charge on any atom is 0.278 e. The van der Waals surface area contributed by atoms with E-state index in [0.29, 0.717) is 16.4 Å². The van der Waals surface area contributed by atoms with E-state index < -0.39 is 0 Å². The molecule has 3 rings (SSSR count). The van der Waals surface area contributed by atoms with Crippen molar-refractivity contribution < 1.29 is 4.79 Å². The first-order valence-electron chi connectivity index (χ1n) is 7.67. The van der Waals surface area contributed by atoms with E-state index in [9.17, 15) is 4.79 Å². The molecule has 2 aromatic carbocycles. The highest BCUT2D eigenvalue weighted by atomic mass is 35.5. The zero-order valence-electron chi connectivity index (χ0n) is 13.5. The number of amides is 1. The molecule has 1 amide bonds. The van der Waals surface area contributed by atoms with Gasteiger partial charge in [0, 0.05) is 0 Å². The zero-order chi connectivity index (χ0) is 17.1. The molecule has 0 radical (unpaired) electrons. The van der Waals surface area contributed by atoms with Crippen LogP contribution in [0.15, 0.2) is 48.5 Å². The van der Waals surface area contributed by atoms with Crippen LogP contribution in [-0.4, -0.2) is 20.9 Å². The summed E-state index contributed by atoms with van der Waals surface area (Å²) in [5.41, 5.74) is 3.60. The van der Waals surface area contributed by atoms with Crippen molar-refractivity contribution >= 4 is 23.2 Å². The maximum atomic E-state index is 12.4. The molecule has 0 fully saturated rings. The Bertz CT molecular complexity index is 871. The van der Waals surface area contributed by atoms with Crippen LogP contribution in [0, 0.1) is 6.92 Å². The van der Waals surface area contributed by atoms with Gasteiger partial charge >= 0.3 is 0 Å². The number of hydrogen-bond acceptors (Lipinski definition) is 3. The summed E-state index contributed by atoms with van der Waals surface area (Å²) in [4.78, 5) is 12.4. The van der Waals surface area contributed by atoms with Gasteiger partial charge in [0.2, 0.25) is 0 Å². The van der Waals surface area contributed by atoms with Gasteiger partial charge in [0.25, 0.3) is 5.91 Å². The number of benzene rings is 2. The fourth-order valence-electron chi connectivity index (χ4n) is 2.40. The van der Waals surface area contributed by atoms with Crippen LogP contribution < -0.4 is 5.32 Å². The van der Waals surface area contributed by atoms with Crippen LogP contribution in [0.5, 0.6) is 0 Å². The summed E-state index contributed by atoms with van der Waals surface area (Å²) in [6.45, 7) is 3.92. The van der Waals surface area contributed by atoms with Gasteiger partial charge in [-0.25, -0.2) is 4.68 Å². The SMILES string of the molecule is CCc1ccc(-n2nnc(C(=O)Nc3ccccc3Cl)c2C)cc1. The van der Waals surface area contributed by atoms with Crippen LogP contribution in [0.1, 0.15) is 28.7 Å². The van der Waals surface area contributed by atoms with E-state index in [1.165, 1.54) is 5.56 Å². The Balaban J connectivity index is 1.86. The van der Waals surface area contributed by atoms with Crippen molar-refractivity contribution in [1.82, 2.24) is 15.0 Å². The minimum atomic E-state index is -0.336. The Kier molecular flexibility index (Phi) is 4.62. The molecule has 1 heterocycles. The van der Waals surface area contributed by atoms with Crippen molar-refractivity contribution in [3.8, 4) is 5.69 Å². The summed E-state index contributed by atoms with van der Waals surface area (Å²) in [5.74, 6) is -0.336. The van der Waals surface area contributed by atoms with E-state index in [0.717, 1.165) is 12.1 Å². The van der Waals surface area contributed by atoms with E-state index in [-0.39, 0.29) is 11.6 Å². The number of halogens is 1. The minimum Gasteiger partial charge on any atom is -0.319 e. The quantitative estimate of drug-likeness (QED) is 0.779. The summed E-state index contributed by atoms with van der Waals surface area (Å²) < 4.78 is 1.65. The second kappa shape index (κ2) is 6.84. The van der Waals surface area contributed by atoms with Crippen LogP contribution in [0.2, 0.25) is 5.02 Å². The number of para-hydroxylation sites is 1. The molecule has 1 aromatic heterocycles. The lowest BCUT2D eigenvalue weighted by Crippen LogP contribution is -2.14. The molecule has 1 N–H and O–H groups in total. The third-order valence-corrected chi connectivity index (χ3v) is 4.15. The number of nitrogens with zero attached hydrogens (tertiary/aromatic N) is 3. The number of aryl methyl sites for hydroxylation is 1. The summed E-state index contributed by atoms with van der Waals surface area (Å²) in [6.07, 6.45) is 0.974. The molecule has 0 atom stereocenters. The zero-order valence-corrected chi connectivity index (χ0v) is 14.2. The largest absolute Gasteiger partial charge is 0.319 e. The van der Waals surface area contributed by atoms with Gasteiger partial charge in [-0.1, -0.05) is 48.0 Å². The van der Waals surface area contributed by atoms with Crippen molar-refractivity contribution in [2.45, 2.75) is 20.3 Å². The van der Waals surface area contributed by atoms with Crippen molar-refractivity contribution in [2.75, 3.05) is 5.32 Å². The second-order valence-corrected chi connectivity index (χ2v) is 5.80. The monoisotopic (exact) mass is 340 g/mol. The smallest absolute Gasteiger partial charge is 0.278 e. The van der Waals surface area contributed by atoms with Crippen LogP contribution in [-0.2, 0) is 6.42 Å². The molecule has 0 saturated carbocycles.